The quantitative estimate of drug-likeness (QED) is 0.0527. The first-order valence-corrected chi connectivity index (χ1v) is 17.4. The van der Waals surface area contributed by atoms with Crippen molar-refractivity contribution in [2.75, 3.05) is 85.9 Å². The summed E-state index contributed by atoms with van der Waals surface area (Å²) >= 11 is 0. The van der Waals surface area contributed by atoms with Gasteiger partial charge in [-0.1, -0.05) is 110 Å². The summed E-state index contributed by atoms with van der Waals surface area (Å²) in [4.78, 5) is 11.5. The van der Waals surface area contributed by atoms with Crippen LogP contribution in [0.4, 0.5) is 0 Å². The maximum absolute atomic E-state index is 11.5. The first kappa shape index (κ1) is 41.2. The molecule has 0 saturated heterocycles. The lowest BCUT2D eigenvalue weighted by molar-refractivity contribution is -0.145. The minimum Gasteiger partial charge on any atom is -0.463 e. The van der Waals surface area contributed by atoms with Crippen molar-refractivity contribution in [3.8, 4) is 0 Å². The highest BCUT2D eigenvalue weighted by atomic mass is 16.6. The highest BCUT2D eigenvalue weighted by Crippen LogP contribution is 2.13. The molecule has 42 heavy (non-hydrogen) atoms. The van der Waals surface area contributed by atoms with E-state index in [1.807, 2.05) is 0 Å². The minimum atomic E-state index is -0.146. The number of ether oxygens (including phenoxy) is 7. The van der Waals surface area contributed by atoms with E-state index in [9.17, 15) is 4.79 Å². The molecule has 0 saturated carbocycles. The van der Waals surface area contributed by atoms with E-state index in [0.717, 1.165) is 32.3 Å². The van der Waals surface area contributed by atoms with Gasteiger partial charge in [-0.25, -0.2) is 0 Å². The minimum absolute atomic E-state index is 0.146. The Bertz CT molecular complexity index is 506. The maximum atomic E-state index is 11.5. The number of esters is 1. The summed E-state index contributed by atoms with van der Waals surface area (Å²) in [6.07, 6.45) is 22.8. The molecule has 0 unspecified atom stereocenters. The van der Waals surface area contributed by atoms with Gasteiger partial charge >= 0.3 is 5.97 Å². The third-order valence-electron chi connectivity index (χ3n) is 6.98. The van der Waals surface area contributed by atoms with Crippen LogP contribution in [-0.4, -0.2) is 91.9 Å². The Morgan fingerprint density at radius 2 is 0.619 bits per heavy atom. The Morgan fingerprint density at radius 1 is 0.333 bits per heavy atom. The average molecular weight is 605 g/mol. The molecule has 0 rings (SSSR count). The van der Waals surface area contributed by atoms with Crippen molar-refractivity contribution in [3.63, 3.8) is 0 Å². The SMILES string of the molecule is CCCCCCCCCCCCCCCCOCCOCCOCCOCCOCCOCCOC(=O)CCCCC. The molecule has 0 aliphatic carbocycles. The number of carbonyl (C=O) groups is 1. The van der Waals surface area contributed by atoms with Crippen molar-refractivity contribution >= 4 is 5.97 Å². The highest BCUT2D eigenvalue weighted by molar-refractivity contribution is 5.69. The van der Waals surface area contributed by atoms with Crippen LogP contribution >= 0.6 is 0 Å². The molecule has 0 radical (unpaired) electrons. The van der Waals surface area contributed by atoms with Crippen LogP contribution < -0.4 is 0 Å². The first-order chi connectivity index (χ1) is 20.8. The average Bonchev–Trinajstić information content (AvgIpc) is 2.99. The maximum Gasteiger partial charge on any atom is 0.305 e. The van der Waals surface area contributed by atoms with Gasteiger partial charge in [-0.05, 0) is 12.8 Å². The second-order valence-corrected chi connectivity index (χ2v) is 10.9. The van der Waals surface area contributed by atoms with Crippen LogP contribution in [0, 0.1) is 0 Å². The van der Waals surface area contributed by atoms with Crippen LogP contribution in [0.5, 0.6) is 0 Å². The molecular formula is C34H68O8. The van der Waals surface area contributed by atoms with E-state index in [2.05, 4.69) is 13.8 Å². The predicted octanol–water partition coefficient (Wildman–Crippen LogP) is 7.69. The van der Waals surface area contributed by atoms with E-state index in [0.29, 0.717) is 85.7 Å². The molecule has 0 spiro atoms. The fraction of sp³-hybridized carbons (Fsp3) is 0.971. The molecule has 0 amide bonds. The summed E-state index contributed by atoms with van der Waals surface area (Å²) in [5.41, 5.74) is 0. The normalized spacial score (nSPS) is 11.4. The fourth-order valence-corrected chi connectivity index (χ4v) is 4.41. The van der Waals surface area contributed by atoms with Crippen LogP contribution in [0.1, 0.15) is 129 Å². The summed E-state index contributed by atoms with van der Waals surface area (Å²) in [5, 5.41) is 0. The summed E-state index contributed by atoms with van der Waals surface area (Å²) in [7, 11) is 0. The summed E-state index contributed by atoms with van der Waals surface area (Å²) in [6.45, 7) is 11.4. The van der Waals surface area contributed by atoms with Crippen molar-refractivity contribution in [3.05, 3.63) is 0 Å². The molecule has 0 aliphatic rings. The second-order valence-electron chi connectivity index (χ2n) is 10.9. The molecule has 0 aliphatic heterocycles. The third-order valence-corrected chi connectivity index (χ3v) is 6.98. The Labute approximate surface area is 259 Å². The Morgan fingerprint density at radius 3 is 1.00 bits per heavy atom. The van der Waals surface area contributed by atoms with E-state index in [1.54, 1.807) is 0 Å². The van der Waals surface area contributed by atoms with Crippen LogP contribution in [0.2, 0.25) is 0 Å². The molecule has 0 N–H and O–H groups in total. The molecular weight excluding hydrogens is 536 g/mol. The van der Waals surface area contributed by atoms with E-state index in [4.69, 9.17) is 33.2 Å². The number of carbonyl (C=O) groups excluding carboxylic acids is 1. The van der Waals surface area contributed by atoms with Gasteiger partial charge in [-0.15, -0.1) is 0 Å². The zero-order chi connectivity index (χ0) is 30.4. The summed E-state index contributed by atoms with van der Waals surface area (Å²) < 4.78 is 38.2. The molecule has 0 aromatic carbocycles. The van der Waals surface area contributed by atoms with Gasteiger partial charge in [-0.3, -0.25) is 4.79 Å². The Kier molecular flexibility index (Phi) is 37.6. The Balaban J connectivity index is 3.06. The molecule has 0 atom stereocenters. The van der Waals surface area contributed by atoms with Gasteiger partial charge in [0.05, 0.1) is 72.7 Å². The van der Waals surface area contributed by atoms with Gasteiger partial charge in [0.15, 0.2) is 0 Å². The lowest BCUT2D eigenvalue weighted by Crippen LogP contribution is -2.15. The lowest BCUT2D eigenvalue weighted by atomic mass is 10.0. The topological polar surface area (TPSA) is 81.7 Å². The number of hydrogen-bond acceptors (Lipinski definition) is 8. The molecule has 252 valence electrons. The second kappa shape index (κ2) is 38.3. The van der Waals surface area contributed by atoms with Gasteiger partial charge in [0.1, 0.15) is 6.61 Å². The van der Waals surface area contributed by atoms with E-state index in [1.165, 1.54) is 83.5 Å². The lowest BCUT2D eigenvalue weighted by Gasteiger charge is -2.08. The molecule has 0 heterocycles. The van der Waals surface area contributed by atoms with Crippen molar-refractivity contribution in [2.24, 2.45) is 0 Å². The predicted molar refractivity (Wildman–Crippen MR) is 170 cm³/mol. The molecule has 0 bridgehead atoms. The van der Waals surface area contributed by atoms with Gasteiger partial charge < -0.3 is 33.2 Å². The van der Waals surface area contributed by atoms with Gasteiger partial charge in [-0.2, -0.15) is 0 Å². The van der Waals surface area contributed by atoms with Crippen LogP contribution in [0.15, 0.2) is 0 Å². The summed E-state index contributed by atoms with van der Waals surface area (Å²) in [5.74, 6) is -0.146. The van der Waals surface area contributed by atoms with E-state index < -0.39 is 0 Å². The van der Waals surface area contributed by atoms with Crippen LogP contribution in [0.3, 0.4) is 0 Å². The molecule has 0 fully saturated rings. The van der Waals surface area contributed by atoms with Crippen molar-refractivity contribution < 1.29 is 38.0 Å². The van der Waals surface area contributed by atoms with Crippen molar-refractivity contribution in [2.45, 2.75) is 129 Å². The van der Waals surface area contributed by atoms with Crippen molar-refractivity contribution in [1.82, 2.24) is 0 Å². The number of rotatable bonds is 37. The zero-order valence-electron chi connectivity index (χ0n) is 27.7. The molecule has 8 heteroatoms. The molecule has 0 aromatic heterocycles. The third kappa shape index (κ3) is 37.3. The molecule has 0 aromatic rings. The Hall–Kier alpha value is -0.770. The van der Waals surface area contributed by atoms with Gasteiger partial charge in [0, 0.05) is 13.0 Å². The van der Waals surface area contributed by atoms with E-state index in [-0.39, 0.29) is 5.97 Å². The monoisotopic (exact) mass is 604 g/mol. The van der Waals surface area contributed by atoms with Crippen molar-refractivity contribution in [1.29, 1.82) is 0 Å². The first-order valence-electron chi connectivity index (χ1n) is 17.4. The highest BCUT2D eigenvalue weighted by Gasteiger charge is 2.02. The van der Waals surface area contributed by atoms with Gasteiger partial charge in [0.2, 0.25) is 0 Å². The standard InChI is InChI=1S/C34H68O8/c1-3-5-7-8-9-10-11-12-13-14-15-16-17-19-21-36-22-23-37-24-25-38-26-27-39-28-29-40-30-31-41-32-33-42-34(35)20-18-6-4-2/h3-33H2,1-2H3. The number of hydrogen-bond donors (Lipinski definition) is 0. The van der Waals surface area contributed by atoms with E-state index >= 15 is 0 Å². The molecule has 8 nitrogen and oxygen atoms in total. The largest absolute Gasteiger partial charge is 0.463 e. The fourth-order valence-electron chi connectivity index (χ4n) is 4.41. The number of unbranched alkanes of at least 4 members (excludes halogenated alkanes) is 15. The van der Waals surface area contributed by atoms with Gasteiger partial charge in [0.25, 0.3) is 0 Å². The zero-order valence-corrected chi connectivity index (χ0v) is 27.7. The smallest absolute Gasteiger partial charge is 0.305 e. The van der Waals surface area contributed by atoms with Crippen LogP contribution in [0.25, 0.3) is 0 Å². The summed E-state index contributed by atoms with van der Waals surface area (Å²) in [6, 6.07) is 0. The van der Waals surface area contributed by atoms with Crippen LogP contribution in [-0.2, 0) is 38.0 Å².